The molecule has 0 spiro atoms. The molecule has 0 aliphatic carbocycles. The fourth-order valence-electron chi connectivity index (χ4n) is 2.72. The minimum absolute atomic E-state index is 0.0195. The number of carbonyl (C=O) groups is 2. The third-order valence-corrected chi connectivity index (χ3v) is 6.11. The molecule has 0 radical (unpaired) electrons. The van der Waals surface area contributed by atoms with Crippen LogP contribution in [0.5, 0.6) is 0 Å². The van der Waals surface area contributed by atoms with Crippen LogP contribution in [0, 0.1) is 0 Å². The Kier molecular flexibility index (Phi) is 8.83. The van der Waals surface area contributed by atoms with Crippen molar-refractivity contribution < 1.29 is 22.7 Å². The Labute approximate surface area is 181 Å². The molecule has 2 aromatic carbocycles. The number of esters is 1. The van der Waals surface area contributed by atoms with Crippen LogP contribution in [0.3, 0.4) is 0 Å². The van der Waals surface area contributed by atoms with Crippen LogP contribution in [0.25, 0.3) is 0 Å². The van der Waals surface area contributed by atoms with Gasteiger partial charge in [0, 0.05) is 12.6 Å². The van der Waals surface area contributed by atoms with E-state index in [1.807, 2.05) is 19.9 Å². The maximum absolute atomic E-state index is 12.6. The first-order chi connectivity index (χ1) is 14.2. The molecule has 162 valence electrons. The highest BCUT2D eigenvalue weighted by molar-refractivity contribution is 7.89. The standard InChI is InChI=1S/C21H25ClN2O5S/c1-3-7-15(2)24-20(25)14-29-21(26)17-10-11-18(22)19(12-17)30(27,28)23-13-16-8-5-4-6-9-16/h4-6,8-12,15,23H,3,7,13-14H2,1-2H3,(H,24,25). The predicted octanol–water partition coefficient (Wildman–Crippen LogP) is 3.28. The molecule has 2 rings (SSSR count). The number of benzene rings is 2. The van der Waals surface area contributed by atoms with Crippen LogP contribution in [0.15, 0.2) is 53.4 Å². The molecule has 1 amide bonds. The lowest BCUT2D eigenvalue weighted by molar-refractivity contribution is -0.124. The maximum atomic E-state index is 12.6. The largest absolute Gasteiger partial charge is 0.452 e. The monoisotopic (exact) mass is 452 g/mol. The highest BCUT2D eigenvalue weighted by Gasteiger charge is 2.21. The van der Waals surface area contributed by atoms with Gasteiger partial charge >= 0.3 is 5.97 Å². The molecule has 0 bridgehead atoms. The van der Waals surface area contributed by atoms with Crippen molar-refractivity contribution in [1.82, 2.24) is 10.0 Å². The van der Waals surface area contributed by atoms with Gasteiger partial charge in [0.15, 0.2) is 6.61 Å². The van der Waals surface area contributed by atoms with Gasteiger partial charge in [-0.05, 0) is 37.1 Å². The smallest absolute Gasteiger partial charge is 0.338 e. The zero-order valence-corrected chi connectivity index (χ0v) is 18.4. The van der Waals surface area contributed by atoms with E-state index in [0.29, 0.717) is 0 Å². The van der Waals surface area contributed by atoms with Gasteiger partial charge in [0.1, 0.15) is 4.90 Å². The lowest BCUT2D eigenvalue weighted by atomic mass is 10.2. The first-order valence-electron chi connectivity index (χ1n) is 9.52. The number of halogens is 1. The number of amides is 1. The minimum atomic E-state index is -3.97. The summed E-state index contributed by atoms with van der Waals surface area (Å²) in [6, 6.07) is 12.7. The summed E-state index contributed by atoms with van der Waals surface area (Å²) >= 11 is 6.05. The predicted molar refractivity (Wildman–Crippen MR) is 115 cm³/mol. The summed E-state index contributed by atoms with van der Waals surface area (Å²) < 4.78 is 32.7. The number of sulfonamides is 1. The van der Waals surface area contributed by atoms with E-state index in [1.165, 1.54) is 12.1 Å². The first-order valence-corrected chi connectivity index (χ1v) is 11.4. The van der Waals surface area contributed by atoms with E-state index >= 15 is 0 Å². The lowest BCUT2D eigenvalue weighted by Gasteiger charge is -2.13. The Morgan fingerprint density at radius 2 is 1.83 bits per heavy atom. The molecule has 0 saturated heterocycles. The van der Waals surface area contributed by atoms with E-state index in [0.717, 1.165) is 24.5 Å². The lowest BCUT2D eigenvalue weighted by Crippen LogP contribution is -2.35. The van der Waals surface area contributed by atoms with Gasteiger partial charge in [-0.25, -0.2) is 17.9 Å². The molecule has 2 aromatic rings. The van der Waals surface area contributed by atoms with E-state index in [-0.39, 0.29) is 28.1 Å². The summed E-state index contributed by atoms with van der Waals surface area (Å²) in [6.45, 7) is 3.49. The number of ether oxygens (including phenoxy) is 1. The van der Waals surface area contributed by atoms with E-state index in [9.17, 15) is 18.0 Å². The van der Waals surface area contributed by atoms with Crippen molar-refractivity contribution in [1.29, 1.82) is 0 Å². The Balaban J connectivity index is 2.04. The van der Waals surface area contributed by atoms with Crippen LogP contribution in [0.2, 0.25) is 5.02 Å². The number of rotatable bonds is 10. The van der Waals surface area contributed by atoms with Crippen molar-refractivity contribution in [2.75, 3.05) is 6.61 Å². The quantitative estimate of drug-likeness (QED) is 0.538. The van der Waals surface area contributed by atoms with E-state index in [4.69, 9.17) is 16.3 Å². The highest BCUT2D eigenvalue weighted by Crippen LogP contribution is 2.23. The highest BCUT2D eigenvalue weighted by atomic mass is 35.5. The summed E-state index contributed by atoms with van der Waals surface area (Å²) in [6.07, 6.45) is 1.73. The molecular weight excluding hydrogens is 428 g/mol. The van der Waals surface area contributed by atoms with Gasteiger partial charge < -0.3 is 10.1 Å². The maximum Gasteiger partial charge on any atom is 0.338 e. The van der Waals surface area contributed by atoms with Crippen LogP contribution >= 0.6 is 11.6 Å². The van der Waals surface area contributed by atoms with E-state index < -0.39 is 28.5 Å². The van der Waals surface area contributed by atoms with Crippen molar-refractivity contribution in [3.63, 3.8) is 0 Å². The van der Waals surface area contributed by atoms with Crippen LogP contribution in [0.1, 0.15) is 42.6 Å². The van der Waals surface area contributed by atoms with Crippen LogP contribution < -0.4 is 10.0 Å². The summed E-state index contributed by atoms with van der Waals surface area (Å²) in [5.74, 6) is -1.24. The molecule has 9 heteroatoms. The SMILES string of the molecule is CCCC(C)NC(=O)COC(=O)c1ccc(Cl)c(S(=O)(=O)NCc2ccccc2)c1. The van der Waals surface area contributed by atoms with Gasteiger partial charge in [-0.3, -0.25) is 4.79 Å². The van der Waals surface area contributed by atoms with Gasteiger partial charge in [-0.2, -0.15) is 0 Å². The molecule has 0 heterocycles. The molecule has 0 saturated carbocycles. The summed E-state index contributed by atoms with van der Waals surface area (Å²) in [5, 5.41) is 2.69. The van der Waals surface area contributed by atoms with Crippen molar-refractivity contribution in [2.24, 2.45) is 0 Å². The van der Waals surface area contributed by atoms with Gasteiger partial charge in [-0.15, -0.1) is 0 Å². The van der Waals surface area contributed by atoms with Gasteiger partial charge in [0.05, 0.1) is 10.6 Å². The molecule has 7 nitrogen and oxygen atoms in total. The van der Waals surface area contributed by atoms with Crippen LogP contribution in [-0.2, 0) is 26.1 Å². The zero-order chi connectivity index (χ0) is 22.1. The topological polar surface area (TPSA) is 102 Å². The third kappa shape index (κ3) is 7.12. The molecule has 0 aliphatic heterocycles. The molecule has 30 heavy (non-hydrogen) atoms. The third-order valence-electron chi connectivity index (χ3n) is 4.23. The molecule has 0 aromatic heterocycles. The first kappa shape index (κ1) is 23.9. The van der Waals surface area contributed by atoms with Gasteiger partial charge in [0.25, 0.3) is 5.91 Å². The second-order valence-electron chi connectivity index (χ2n) is 6.79. The van der Waals surface area contributed by atoms with Crippen molar-refractivity contribution in [3.8, 4) is 0 Å². The number of nitrogens with one attached hydrogen (secondary N) is 2. The molecule has 0 fully saturated rings. The second-order valence-corrected chi connectivity index (χ2v) is 8.93. The normalized spacial score (nSPS) is 12.2. The Bertz CT molecular complexity index is 980. The second kappa shape index (κ2) is 11.1. The molecule has 1 unspecified atom stereocenters. The molecule has 0 aliphatic rings. The Morgan fingerprint density at radius 1 is 1.13 bits per heavy atom. The summed E-state index contributed by atoms with van der Waals surface area (Å²) in [7, 11) is -3.97. The Hall–Kier alpha value is -2.42. The minimum Gasteiger partial charge on any atom is -0.452 e. The number of hydrogen-bond donors (Lipinski definition) is 2. The van der Waals surface area contributed by atoms with Crippen molar-refractivity contribution >= 4 is 33.5 Å². The fourth-order valence-corrected chi connectivity index (χ4v) is 4.27. The summed E-state index contributed by atoms with van der Waals surface area (Å²) in [5.41, 5.74) is 0.755. The van der Waals surface area contributed by atoms with Crippen molar-refractivity contribution in [3.05, 3.63) is 64.7 Å². The molecular formula is C21H25ClN2O5S. The Morgan fingerprint density at radius 3 is 2.50 bits per heavy atom. The molecule has 2 N–H and O–H groups in total. The van der Waals surface area contributed by atoms with Gasteiger partial charge in [0.2, 0.25) is 10.0 Å². The average Bonchev–Trinajstić information content (AvgIpc) is 2.71. The zero-order valence-electron chi connectivity index (χ0n) is 16.9. The number of hydrogen-bond acceptors (Lipinski definition) is 5. The molecule has 1 atom stereocenters. The summed E-state index contributed by atoms with van der Waals surface area (Å²) in [4.78, 5) is 23.9. The van der Waals surface area contributed by atoms with Gasteiger partial charge in [-0.1, -0.05) is 55.3 Å². The number of carbonyl (C=O) groups excluding carboxylic acids is 2. The van der Waals surface area contributed by atoms with E-state index in [2.05, 4.69) is 10.0 Å². The van der Waals surface area contributed by atoms with Crippen molar-refractivity contribution in [2.45, 2.75) is 44.2 Å². The van der Waals surface area contributed by atoms with Crippen LogP contribution in [-0.4, -0.2) is 32.9 Å². The van der Waals surface area contributed by atoms with E-state index in [1.54, 1.807) is 24.3 Å². The fraction of sp³-hybridized carbons (Fsp3) is 0.333. The average molecular weight is 453 g/mol. The van der Waals surface area contributed by atoms with Crippen LogP contribution in [0.4, 0.5) is 0 Å².